The third-order valence-corrected chi connectivity index (χ3v) is 3.85. The van der Waals surface area contributed by atoms with E-state index < -0.39 is 11.9 Å². The summed E-state index contributed by atoms with van der Waals surface area (Å²) in [6, 6.07) is 20.0. The lowest BCUT2D eigenvalue weighted by atomic mass is 9.99. The molecule has 1 N–H and O–H groups in total. The molecule has 0 spiro atoms. The Labute approximate surface area is 156 Å². The lowest BCUT2D eigenvalue weighted by Crippen LogP contribution is -2.30. The number of rotatable bonds is 6. The second-order valence-corrected chi connectivity index (χ2v) is 5.67. The first-order valence-corrected chi connectivity index (χ1v) is 8.23. The van der Waals surface area contributed by atoms with Crippen molar-refractivity contribution >= 4 is 11.9 Å². The fraction of sp³-hybridized carbons (Fsp3) is 0.0952. The smallest absolute Gasteiger partial charge is 0.325 e. The minimum Gasteiger partial charge on any atom is -0.460 e. The summed E-state index contributed by atoms with van der Waals surface area (Å²) in [6.45, 7) is -0.150. The highest BCUT2D eigenvalue weighted by atomic mass is 16.5. The molecular formula is C21H16N2O4. The number of esters is 1. The van der Waals surface area contributed by atoms with Crippen LogP contribution in [0.15, 0.2) is 71.3 Å². The molecule has 2 aromatic carbocycles. The largest absolute Gasteiger partial charge is 0.460 e. The first kappa shape index (κ1) is 18.0. The zero-order chi connectivity index (χ0) is 19.1. The molecule has 0 radical (unpaired) electrons. The highest BCUT2D eigenvalue weighted by Crippen LogP contribution is 2.23. The van der Waals surface area contributed by atoms with Gasteiger partial charge in [0.05, 0.1) is 17.9 Å². The van der Waals surface area contributed by atoms with Crippen molar-refractivity contribution in [1.29, 1.82) is 5.26 Å². The Kier molecular flexibility index (Phi) is 5.65. The van der Waals surface area contributed by atoms with Gasteiger partial charge in [0.2, 0.25) is 0 Å². The average molecular weight is 360 g/mol. The molecular weight excluding hydrogens is 344 g/mol. The van der Waals surface area contributed by atoms with Crippen molar-refractivity contribution in [2.24, 2.45) is 0 Å². The molecule has 0 saturated heterocycles. The van der Waals surface area contributed by atoms with Gasteiger partial charge in [-0.1, -0.05) is 42.5 Å². The quantitative estimate of drug-likeness (QED) is 0.681. The van der Waals surface area contributed by atoms with E-state index in [1.807, 2.05) is 42.5 Å². The Morgan fingerprint density at radius 2 is 1.81 bits per heavy atom. The van der Waals surface area contributed by atoms with Gasteiger partial charge in [-0.05, 0) is 34.9 Å². The Morgan fingerprint density at radius 3 is 2.52 bits per heavy atom. The normalized spacial score (nSPS) is 10.0. The van der Waals surface area contributed by atoms with Crippen molar-refractivity contribution in [3.05, 3.63) is 83.8 Å². The van der Waals surface area contributed by atoms with E-state index in [1.54, 1.807) is 12.1 Å². The van der Waals surface area contributed by atoms with Gasteiger partial charge in [-0.15, -0.1) is 0 Å². The molecule has 0 fully saturated rings. The van der Waals surface area contributed by atoms with Gasteiger partial charge in [0.25, 0.3) is 5.91 Å². The monoisotopic (exact) mass is 360 g/mol. The van der Waals surface area contributed by atoms with E-state index >= 15 is 0 Å². The number of hydrogen-bond acceptors (Lipinski definition) is 5. The van der Waals surface area contributed by atoms with E-state index in [0.29, 0.717) is 5.56 Å². The number of benzene rings is 2. The number of ether oxygens (including phenoxy) is 1. The molecule has 27 heavy (non-hydrogen) atoms. The molecule has 6 heteroatoms. The van der Waals surface area contributed by atoms with Gasteiger partial charge in [0.15, 0.2) is 5.76 Å². The Hall–Kier alpha value is -3.85. The van der Waals surface area contributed by atoms with Crippen molar-refractivity contribution in [1.82, 2.24) is 5.32 Å². The summed E-state index contributed by atoms with van der Waals surface area (Å²) in [4.78, 5) is 23.4. The fourth-order valence-electron chi connectivity index (χ4n) is 2.48. The number of nitriles is 1. The minimum absolute atomic E-state index is 0.0929. The van der Waals surface area contributed by atoms with Crippen LogP contribution >= 0.6 is 0 Å². The van der Waals surface area contributed by atoms with Gasteiger partial charge in [-0.25, -0.2) is 0 Å². The van der Waals surface area contributed by atoms with Crippen molar-refractivity contribution in [2.45, 2.75) is 6.61 Å². The van der Waals surface area contributed by atoms with Gasteiger partial charge in [-0.2, -0.15) is 5.26 Å². The van der Waals surface area contributed by atoms with Crippen LogP contribution in [0.2, 0.25) is 0 Å². The lowest BCUT2D eigenvalue weighted by molar-refractivity contribution is -0.143. The van der Waals surface area contributed by atoms with Gasteiger partial charge in [0, 0.05) is 0 Å². The summed E-state index contributed by atoms with van der Waals surface area (Å²) in [5.74, 6) is -0.887. The van der Waals surface area contributed by atoms with E-state index in [4.69, 9.17) is 9.15 Å². The van der Waals surface area contributed by atoms with Crippen molar-refractivity contribution in [2.75, 3.05) is 6.54 Å². The molecule has 3 aromatic rings. The highest BCUT2D eigenvalue weighted by molar-refractivity contribution is 5.93. The van der Waals surface area contributed by atoms with Crippen LogP contribution < -0.4 is 5.32 Å². The molecule has 1 heterocycles. The van der Waals surface area contributed by atoms with Crippen LogP contribution in [0.4, 0.5) is 0 Å². The standard InChI is InChI=1S/C21H16N2O4/c22-12-17-4-1-2-5-18(17)16-9-7-15(8-10-16)14-27-20(24)13-23-21(25)19-6-3-11-26-19/h1-11H,13-14H2,(H,23,25). The summed E-state index contributed by atoms with van der Waals surface area (Å²) in [6.07, 6.45) is 1.38. The fourth-order valence-corrected chi connectivity index (χ4v) is 2.48. The van der Waals surface area contributed by atoms with Crippen LogP contribution in [0.25, 0.3) is 11.1 Å². The van der Waals surface area contributed by atoms with Crippen molar-refractivity contribution in [3.63, 3.8) is 0 Å². The van der Waals surface area contributed by atoms with Crippen LogP contribution in [0, 0.1) is 11.3 Å². The van der Waals surface area contributed by atoms with Crippen LogP contribution in [0.3, 0.4) is 0 Å². The van der Waals surface area contributed by atoms with Gasteiger partial charge < -0.3 is 14.5 Å². The van der Waals surface area contributed by atoms with Crippen molar-refractivity contribution < 1.29 is 18.7 Å². The molecule has 0 saturated carbocycles. The number of carbonyl (C=O) groups excluding carboxylic acids is 2. The van der Waals surface area contributed by atoms with Crippen LogP contribution in [-0.2, 0) is 16.1 Å². The Morgan fingerprint density at radius 1 is 1.04 bits per heavy atom. The summed E-state index contributed by atoms with van der Waals surface area (Å²) >= 11 is 0. The first-order valence-electron chi connectivity index (χ1n) is 8.23. The Bertz CT molecular complexity index is 970. The molecule has 0 atom stereocenters. The third-order valence-electron chi connectivity index (χ3n) is 3.85. The number of nitrogens with zero attached hydrogens (tertiary/aromatic N) is 1. The Balaban J connectivity index is 1.52. The summed E-state index contributed by atoms with van der Waals surface area (Å²) in [5, 5.41) is 11.6. The third kappa shape index (κ3) is 4.61. The molecule has 0 bridgehead atoms. The maximum atomic E-state index is 11.8. The second kappa shape index (κ2) is 8.50. The maximum absolute atomic E-state index is 11.8. The topological polar surface area (TPSA) is 92.3 Å². The number of nitrogens with one attached hydrogen (secondary N) is 1. The van der Waals surface area contributed by atoms with Crippen LogP contribution in [0.5, 0.6) is 0 Å². The van der Waals surface area contributed by atoms with Gasteiger partial charge >= 0.3 is 5.97 Å². The molecule has 134 valence electrons. The maximum Gasteiger partial charge on any atom is 0.325 e. The minimum atomic E-state index is -0.547. The van der Waals surface area contributed by atoms with E-state index in [1.165, 1.54) is 12.3 Å². The van der Waals surface area contributed by atoms with E-state index in [2.05, 4.69) is 11.4 Å². The predicted molar refractivity (Wildman–Crippen MR) is 97.4 cm³/mol. The summed E-state index contributed by atoms with van der Waals surface area (Å²) in [7, 11) is 0. The number of furan rings is 1. The highest BCUT2D eigenvalue weighted by Gasteiger charge is 2.11. The molecule has 3 rings (SSSR count). The molecule has 0 aliphatic rings. The second-order valence-electron chi connectivity index (χ2n) is 5.67. The number of amides is 1. The number of carbonyl (C=O) groups is 2. The molecule has 0 aliphatic carbocycles. The lowest BCUT2D eigenvalue weighted by Gasteiger charge is -2.08. The zero-order valence-corrected chi connectivity index (χ0v) is 14.3. The predicted octanol–water partition coefficient (Wildman–Crippen LogP) is 3.29. The molecule has 0 unspecified atom stereocenters. The zero-order valence-electron chi connectivity index (χ0n) is 14.3. The molecule has 1 amide bonds. The first-order chi connectivity index (χ1) is 13.2. The number of hydrogen-bond donors (Lipinski definition) is 1. The molecule has 6 nitrogen and oxygen atoms in total. The van der Waals surface area contributed by atoms with E-state index in [9.17, 15) is 14.9 Å². The molecule has 1 aromatic heterocycles. The van der Waals surface area contributed by atoms with Crippen LogP contribution in [0.1, 0.15) is 21.7 Å². The average Bonchev–Trinajstić information content (AvgIpc) is 3.26. The van der Waals surface area contributed by atoms with E-state index in [-0.39, 0.29) is 18.9 Å². The van der Waals surface area contributed by atoms with Gasteiger partial charge in [-0.3, -0.25) is 9.59 Å². The van der Waals surface area contributed by atoms with Crippen molar-refractivity contribution in [3.8, 4) is 17.2 Å². The van der Waals surface area contributed by atoms with E-state index in [0.717, 1.165) is 16.7 Å². The molecule has 0 aliphatic heterocycles. The SMILES string of the molecule is N#Cc1ccccc1-c1ccc(COC(=O)CNC(=O)c2ccco2)cc1. The van der Waals surface area contributed by atoms with Crippen LogP contribution in [-0.4, -0.2) is 18.4 Å². The summed E-state index contributed by atoms with van der Waals surface area (Å²) < 4.78 is 10.1. The summed E-state index contributed by atoms with van der Waals surface area (Å²) in [5.41, 5.74) is 3.17. The van der Waals surface area contributed by atoms with Gasteiger partial charge in [0.1, 0.15) is 13.2 Å².